The van der Waals surface area contributed by atoms with Crippen LogP contribution in [0.15, 0.2) is 59.6 Å². The standard InChI is InChI=1S/C25H35N5O/c1-4-26-25(27-15-14-21-10-12-23(13-11-21)28-20(3)31)29-24-16-19(2)30(18-24)17-22-8-6-5-7-9-22/h5-13,19,24H,4,14-18H2,1-3H3,(H,28,31)(H2,26,27,29). The monoisotopic (exact) mass is 421 g/mol. The van der Waals surface area contributed by atoms with Crippen LogP contribution in [-0.2, 0) is 17.8 Å². The summed E-state index contributed by atoms with van der Waals surface area (Å²) in [5.74, 6) is 0.832. The van der Waals surface area contributed by atoms with Crippen molar-refractivity contribution in [1.82, 2.24) is 15.5 Å². The second kappa shape index (κ2) is 11.5. The third kappa shape index (κ3) is 7.40. The summed E-state index contributed by atoms with van der Waals surface area (Å²) in [6, 6.07) is 19.6. The van der Waals surface area contributed by atoms with Crippen molar-refractivity contribution in [1.29, 1.82) is 0 Å². The minimum atomic E-state index is -0.0535. The van der Waals surface area contributed by atoms with E-state index in [9.17, 15) is 4.79 Å². The summed E-state index contributed by atoms with van der Waals surface area (Å²) in [6.45, 7) is 9.48. The van der Waals surface area contributed by atoms with E-state index in [0.29, 0.717) is 18.6 Å². The lowest BCUT2D eigenvalue weighted by Gasteiger charge is -2.21. The Morgan fingerprint density at radius 3 is 2.52 bits per heavy atom. The van der Waals surface area contributed by atoms with E-state index in [1.807, 2.05) is 24.3 Å². The Bertz CT molecular complexity index is 850. The maximum atomic E-state index is 11.1. The summed E-state index contributed by atoms with van der Waals surface area (Å²) in [6.07, 6.45) is 1.97. The van der Waals surface area contributed by atoms with Crippen LogP contribution in [0.1, 0.15) is 38.3 Å². The molecule has 0 radical (unpaired) electrons. The number of hydrogen-bond acceptors (Lipinski definition) is 3. The molecule has 2 aromatic rings. The molecular weight excluding hydrogens is 386 g/mol. The molecule has 0 aliphatic carbocycles. The van der Waals surface area contributed by atoms with Crippen molar-refractivity contribution < 1.29 is 4.79 Å². The third-order valence-electron chi connectivity index (χ3n) is 5.56. The number of guanidine groups is 1. The molecule has 2 atom stereocenters. The first kappa shape index (κ1) is 22.8. The first-order valence-electron chi connectivity index (χ1n) is 11.2. The van der Waals surface area contributed by atoms with Crippen LogP contribution in [0.4, 0.5) is 5.69 Å². The maximum absolute atomic E-state index is 11.1. The molecule has 166 valence electrons. The summed E-state index contributed by atoms with van der Waals surface area (Å²) in [5.41, 5.74) is 3.39. The Morgan fingerprint density at radius 1 is 1.10 bits per heavy atom. The number of likely N-dealkylation sites (tertiary alicyclic amines) is 1. The third-order valence-corrected chi connectivity index (χ3v) is 5.56. The molecule has 1 heterocycles. The molecule has 1 fully saturated rings. The lowest BCUT2D eigenvalue weighted by Crippen LogP contribution is -2.44. The molecule has 0 saturated carbocycles. The second-order valence-corrected chi connectivity index (χ2v) is 8.23. The largest absolute Gasteiger partial charge is 0.357 e. The molecule has 2 unspecified atom stereocenters. The average Bonchev–Trinajstić information content (AvgIpc) is 3.08. The van der Waals surface area contributed by atoms with Gasteiger partial charge in [-0.05, 0) is 49.9 Å². The number of nitrogens with one attached hydrogen (secondary N) is 3. The molecule has 3 rings (SSSR count). The van der Waals surface area contributed by atoms with Gasteiger partial charge in [0.2, 0.25) is 5.91 Å². The number of benzene rings is 2. The Kier molecular flexibility index (Phi) is 8.47. The van der Waals surface area contributed by atoms with Gasteiger partial charge in [0.05, 0.1) is 0 Å². The van der Waals surface area contributed by atoms with E-state index in [0.717, 1.165) is 44.1 Å². The van der Waals surface area contributed by atoms with E-state index in [-0.39, 0.29) is 5.91 Å². The lowest BCUT2D eigenvalue weighted by atomic mass is 10.1. The Morgan fingerprint density at radius 2 is 1.84 bits per heavy atom. The quantitative estimate of drug-likeness (QED) is 0.451. The van der Waals surface area contributed by atoms with E-state index < -0.39 is 0 Å². The van der Waals surface area contributed by atoms with Crippen LogP contribution >= 0.6 is 0 Å². The van der Waals surface area contributed by atoms with Crippen LogP contribution < -0.4 is 16.0 Å². The molecule has 3 N–H and O–H groups in total. The molecule has 0 aromatic heterocycles. The van der Waals surface area contributed by atoms with Gasteiger partial charge in [0, 0.05) is 50.9 Å². The summed E-state index contributed by atoms with van der Waals surface area (Å²) >= 11 is 0. The van der Waals surface area contributed by atoms with Gasteiger partial charge in [0.15, 0.2) is 5.96 Å². The molecular formula is C25H35N5O. The summed E-state index contributed by atoms with van der Waals surface area (Å²) in [7, 11) is 0. The number of hydrogen-bond donors (Lipinski definition) is 3. The summed E-state index contributed by atoms with van der Waals surface area (Å²) in [4.78, 5) is 18.5. The van der Waals surface area contributed by atoms with E-state index in [4.69, 9.17) is 4.99 Å². The molecule has 0 spiro atoms. The van der Waals surface area contributed by atoms with E-state index in [1.165, 1.54) is 18.1 Å². The van der Waals surface area contributed by atoms with Gasteiger partial charge in [-0.2, -0.15) is 0 Å². The van der Waals surface area contributed by atoms with Gasteiger partial charge < -0.3 is 16.0 Å². The molecule has 0 bridgehead atoms. The number of aliphatic imine (C=N–C) groups is 1. The van der Waals surface area contributed by atoms with Gasteiger partial charge in [-0.1, -0.05) is 42.5 Å². The van der Waals surface area contributed by atoms with Crippen molar-refractivity contribution in [2.75, 3.05) is 25.0 Å². The number of rotatable bonds is 8. The van der Waals surface area contributed by atoms with Gasteiger partial charge in [0.1, 0.15) is 0 Å². The lowest BCUT2D eigenvalue weighted by molar-refractivity contribution is -0.114. The van der Waals surface area contributed by atoms with Crippen molar-refractivity contribution in [2.24, 2.45) is 4.99 Å². The van der Waals surface area contributed by atoms with Crippen molar-refractivity contribution >= 4 is 17.6 Å². The predicted molar refractivity (Wildman–Crippen MR) is 128 cm³/mol. The molecule has 31 heavy (non-hydrogen) atoms. The highest BCUT2D eigenvalue weighted by Gasteiger charge is 2.29. The predicted octanol–water partition coefficient (Wildman–Crippen LogP) is 3.41. The molecule has 1 saturated heterocycles. The van der Waals surface area contributed by atoms with Crippen molar-refractivity contribution in [2.45, 2.75) is 52.2 Å². The number of amides is 1. The van der Waals surface area contributed by atoms with Gasteiger partial charge in [-0.3, -0.25) is 14.7 Å². The fraction of sp³-hybridized carbons (Fsp3) is 0.440. The topological polar surface area (TPSA) is 68.8 Å². The first-order chi connectivity index (χ1) is 15.0. The molecule has 1 amide bonds. The van der Waals surface area contributed by atoms with E-state index in [2.05, 4.69) is 65.0 Å². The first-order valence-corrected chi connectivity index (χ1v) is 11.2. The van der Waals surface area contributed by atoms with Gasteiger partial charge in [0.25, 0.3) is 0 Å². The molecule has 6 nitrogen and oxygen atoms in total. The van der Waals surface area contributed by atoms with E-state index >= 15 is 0 Å². The number of carbonyl (C=O) groups excluding carboxylic acids is 1. The van der Waals surface area contributed by atoms with Gasteiger partial charge in [-0.25, -0.2) is 0 Å². The van der Waals surface area contributed by atoms with Gasteiger partial charge >= 0.3 is 0 Å². The highest BCUT2D eigenvalue weighted by Crippen LogP contribution is 2.20. The van der Waals surface area contributed by atoms with Crippen LogP contribution in [0.25, 0.3) is 0 Å². The van der Waals surface area contributed by atoms with Crippen LogP contribution in [0.2, 0.25) is 0 Å². The zero-order chi connectivity index (χ0) is 22.1. The summed E-state index contributed by atoms with van der Waals surface area (Å²) < 4.78 is 0. The number of nitrogens with zero attached hydrogens (tertiary/aromatic N) is 2. The van der Waals surface area contributed by atoms with Crippen LogP contribution in [0, 0.1) is 0 Å². The number of carbonyl (C=O) groups is 1. The van der Waals surface area contributed by atoms with Crippen LogP contribution in [0.5, 0.6) is 0 Å². The van der Waals surface area contributed by atoms with Crippen molar-refractivity contribution in [3.63, 3.8) is 0 Å². The SMILES string of the molecule is CCNC(=NCCc1ccc(NC(C)=O)cc1)NC1CC(C)N(Cc2ccccc2)C1. The molecule has 1 aliphatic heterocycles. The number of anilines is 1. The fourth-order valence-corrected chi connectivity index (χ4v) is 4.01. The Hall–Kier alpha value is -2.86. The highest BCUT2D eigenvalue weighted by atomic mass is 16.1. The summed E-state index contributed by atoms with van der Waals surface area (Å²) in [5, 5.41) is 9.80. The van der Waals surface area contributed by atoms with Gasteiger partial charge in [-0.15, -0.1) is 0 Å². The van der Waals surface area contributed by atoms with E-state index in [1.54, 1.807) is 0 Å². The molecule has 1 aliphatic rings. The molecule has 2 aromatic carbocycles. The Labute approximate surface area is 186 Å². The normalized spacial score (nSPS) is 19.3. The van der Waals surface area contributed by atoms with Crippen molar-refractivity contribution in [3.8, 4) is 0 Å². The zero-order valence-corrected chi connectivity index (χ0v) is 18.9. The highest BCUT2D eigenvalue weighted by molar-refractivity contribution is 5.88. The maximum Gasteiger partial charge on any atom is 0.221 e. The fourth-order valence-electron chi connectivity index (χ4n) is 4.01. The minimum absolute atomic E-state index is 0.0535. The average molecular weight is 422 g/mol. The minimum Gasteiger partial charge on any atom is -0.357 e. The zero-order valence-electron chi connectivity index (χ0n) is 18.9. The smallest absolute Gasteiger partial charge is 0.221 e. The second-order valence-electron chi connectivity index (χ2n) is 8.23. The van der Waals surface area contributed by atoms with Crippen molar-refractivity contribution in [3.05, 3.63) is 65.7 Å². The van der Waals surface area contributed by atoms with Crippen LogP contribution in [0.3, 0.4) is 0 Å². The Balaban J connectivity index is 1.50. The van der Waals surface area contributed by atoms with Crippen LogP contribution in [-0.4, -0.2) is 48.5 Å². The molecule has 6 heteroatoms.